The molecule has 0 radical (unpaired) electrons. The Balaban J connectivity index is 1.42. The zero-order valence-corrected chi connectivity index (χ0v) is 14.4. The Bertz CT molecular complexity index is 728. The molecule has 1 aliphatic rings. The van der Waals surface area contributed by atoms with Gasteiger partial charge in [0.25, 0.3) is 5.91 Å². The summed E-state index contributed by atoms with van der Waals surface area (Å²) in [6.07, 6.45) is 2.87. The molecule has 3 rings (SSSR count). The monoisotopic (exact) mass is 362 g/mol. The summed E-state index contributed by atoms with van der Waals surface area (Å²) in [6.45, 7) is 1.15. The van der Waals surface area contributed by atoms with Crippen molar-refractivity contribution >= 4 is 23.6 Å². The molecule has 132 valence electrons. The summed E-state index contributed by atoms with van der Waals surface area (Å²) >= 11 is 1.18. The fourth-order valence-electron chi connectivity index (χ4n) is 2.76. The van der Waals surface area contributed by atoms with Crippen LogP contribution in [0.25, 0.3) is 0 Å². The van der Waals surface area contributed by atoms with E-state index in [9.17, 15) is 14.0 Å². The third-order valence-corrected chi connectivity index (χ3v) is 5.12. The van der Waals surface area contributed by atoms with Crippen LogP contribution in [0.2, 0.25) is 0 Å². The van der Waals surface area contributed by atoms with Crippen molar-refractivity contribution in [2.45, 2.75) is 23.8 Å². The number of piperidine rings is 1. The third-order valence-electron chi connectivity index (χ3n) is 4.07. The van der Waals surface area contributed by atoms with E-state index in [0.717, 1.165) is 0 Å². The van der Waals surface area contributed by atoms with E-state index in [0.29, 0.717) is 36.6 Å². The van der Waals surface area contributed by atoms with Crippen molar-refractivity contribution in [1.82, 2.24) is 10.2 Å². The Kier molecular flexibility index (Phi) is 5.75. The van der Waals surface area contributed by atoms with Crippen molar-refractivity contribution < 1.29 is 18.4 Å². The second-order valence-corrected chi connectivity index (χ2v) is 6.85. The van der Waals surface area contributed by atoms with Crippen LogP contribution in [-0.2, 0) is 4.79 Å². The number of nitrogens with zero attached hydrogens (tertiary/aromatic N) is 1. The van der Waals surface area contributed by atoms with Gasteiger partial charge in [0.15, 0.2) is 5.76 Å². The summed E-state index contributed by atoms with van der Waals surface area (Å²) in [7, 11) is 0. The van der Waals surface area contributed by atoms with E-state index in [1.54, 1.807) is 35.2 Å². The Labute approximate surface area is 149 Å². The van der Waals surface area contributed by atoms with Crippen LogP contribution in [0.4, 0.5) is 4.39 Å². The molecule has 0 atom stereocenters. The molecule has 1 N–H and O–H groups in total. The molecule has 0 spiro atoms. The van der Waals surface area contributed by atoms with Crippen LogP contribution in [0.15, 0.2) is 52.0 Å². The molecular weight excluding hydrogens is 343 g/mol. The number of carbonyl (C=O) groups excluding carboxylic acids is 2. The predicted octanol–water partition coefficient (Wildman–Crippen LogP) is 2.93. The Morgan fingerprint density at radius 1 is 1.20 bits per heavy atom. The molecule has 1 aliphatic heterocycles. The minimum atomic E-state index is -0.315. The number of carbonyl (C=O) groups is 2. The van der Waals surface area contributed by atoms with E-state index in [1.807, 2.05) is 0 Å². The van der Waals surface area contributed by atoms with Gasteiger partial charge in [-0.15, -0.1) is 11.8 Å². The summed E-state index contributed by atoms with van der Waals surface area (Å²) in [5.41, 5.74) is 0. The SMILES string of the molecule is O=C(CSc1ccccc1F)NC1CCN(C(=O)c2ccco2)CC1. The first kappa shape index (κ1) is 17.5. The van der Waals surface area contributed by atoms with Crippen LogP contribution in [-0.4, -0.2) is 41.6 Å². The minimum absolute atomic E-state index is 0.0365. The lowest BCUT2D eigenvalue weighted by Gasteiger charge is -2.31. The van der Waals surface area contributed by atoms with Gasteiger partial charge < -0.3 is 14.6 Å². The topological polar surface area (TPSA) is 62.6 Å². The standard InChI is InChI=1S/C18H19FN2O3S/c19-14-4-1-2-6-16(14)25-12-17(22)20-13-7-9-21(10-8-13)18(23)15-5-3-11-24-15/h1-6,11,13H,7-10,12H2,(H,20,22). The lowest BCUT2D eigenvalue weighted by Crippen LogP contribution is -2.46. The van der Waals surface area contributed by atoms with Crippen molar-refractivity contribution in [2.75, 3.05) is 18.8 Å². The fraction of sp³-hybridized carbons (Fsp3) is 0.333. The van der Waals surface area contributed by atoms with Crippen molar-refractivity contribution in [3.63, 3.8) is 0 Å². The average Bonchev–Trinajstić information content (AvgIpc) is 3.16. The van der Waals surface area contributed by atoms with E-state index in [4.69, 9.17) is 4.42 Å². The first-order valence-electron chi connectivity index (χ1n) is 8.13. The van der Waals surface area contributed by atoms with Crippen LogP contribution >= 0.6 is 11.8 Å². The Morgan fingerprint density at radius 2 is 1.96 bits per heavy atom. The predicted molar refractivity (Wildman–Crippen MR) is 92.9 cm³/mol. The zero-order valence-electron chi connectivity index (χ0n) is 13.6. The van der Waals surface area contributed by atoms with E-state index in [-0.39, 0.29) is 29.4 Å². The molecule has 7 heteroatoms. The second-order valence-electron chi connectivity index (χ2n) is 5.83. The van der Waals surface area contributed by atoms with Gasteiger partial charge in [-0.3, -0.25) is 9.59 Å². The molecule has 2 heterocycles. The van der Waals surface area contributed by atoms with Gasteiger partial charge in [-0.05, 0) is 37.1 Å². The molecule has 5 nitrogen and oxygen atoms in total. The Hall–Kier alpha value is -2.28. The highest BCUT2D eigenvalue weighted by Gasteiger charge is 2.25. The van der Waals surface area contributed by atoms with Crippen LogP contribution < -0.4 is 5.32 Å². The van der Waals surface area contributed by atoms with Crippen LogP contribution in [0, 0.1) is 5.82 Å². The van der Waals surface area contributed by atoms with Gasteiger partial charge in [-0.25, -0.2) is 4.39 Å². The number of amides is 2. The van der Waals surface area contributed by atoms with Gasteiger partial charge in [-0.2, -0.15) is 0 Å². The molecule has 1 saturated heterocycles. The maximum absolute atomic E-state index is 13.5. The molecule has 2 aromatic rings. The normalized spacial score (nSPS) is 15.2. The first-order chi connectivity index (χ1) is 12.1. The molecule has 0 bridgehead atoms. The van der Waals surface area contributed by atoms with E-state index < -0.39 is 0 Å². The van der Waals surface area contributed by atoms with Gasteiger partial charge in [0.1, 0.15) is 5.82 Å². The van der Waals surface area contributed by atoms with E-state index in [2.05, 4.69) is 5.32 Å². The maximum Gasteiger partial charge on any atom is 0.289 e. The number of likely N-dealkylation sites (tertiary alicyclic amines) is 1. The summed E-state index contributed by atoms with van der Waals surface area (Å²) in [6, 6.07) is 9.78. The summed E-state index contributed by atoms with van der Waals surface area (Å²) < 4.78 is 18.7. The van der Waals surface area contributed by atoms with Gasteiger partial charge >= 0.3 is 0 Å². The Morgan fingerprint density at radius 3 is 2.64 bits per heavy atom. The molecule has 0 aliphatic carbocycles. The number of rotatable bonds is 5. The number of thioether (sulfide) groups is 1. The molecule has 1 fully saturated rings. The maximum atomic E-state index is 13.5. The fourth-order valence-corrected chi connectivity index (χ4v) is 3.51. The molecule has 1 aromatic heterocycles. The third kappa shape index (κ3) is 4.63. The molecule has 2 amide bonds. The van der Waals surface area contributed by atoms with Crippen molar-refractivity contribution in [1.29, 1.82) is 0 Å². The smallest absolute Gasteiger partial charge is 0.289 e. The van der Waals surface area contributed by atoms with E-state index in [1.165, 1.54) is 24.1 Å². The van der Waals surface area contributed by atoms with Crippen LogP contribution in [0.5, 0.6) is 0 Å². The summed E-state index contributed by atoms with van der Waals surface area (Å²) in [5, 5.41) is 2.96. The molecule has 0 saturated carbocycles. The summed E-state index contributed by atoms with van der Waals surface area (Å²) in [5.74, 6) is -0.0466. The lowest BCUT2D eigenvalue weighted by atomic mass is 10.0. The summed E-state index contributed by atoms with van der Waals surface area (Å²) in [4.78, 5) is 26.4. The molecular formula is C18H19FN2O3S. The highest BCUT2D eigenvalue weighted by molar-refractivity contribution is 8.00. The van der Waals surface area contributed by atoms with Crippen molar-refractivity contribution in [3.05, 3.63) is 54.2 Å². The number of hydrogen-bond donors (Lipinski definition) is 1. The number of benzene rings is 1. The molecule has 0 unspecified atom stereocenters. The minimum Gasteiger partial charge on any atom is -0.459 e. The second kappa shape index (κ2) is 8.20. The highest BCUT2D eigenvalue weighted by atomic mass is 32.2. The largest absolute Gasteiger partial charge is 0.459 e. The zero-order chi connectivity index (χ0) is 17.6. The molecule has 25 heavy (non-hydrogen) atoms. The number of hydrogen-bond acceptors (Lipinski definition) is 4. The van der Waals surface area contributed by atoms with Crippen LogP contribution in [0.3, 0.4) is 0 Å². The molecule has 1 aromatic carbocycles. The van der Waals surface area contributed by atoms with Crippen molar-refractivity contribution in [3.8, 4) is 0 Å². The number of furan rings is 1. The van der Waals surface area contributed by atoms with Crippen LogP contribution in [0.1, 0.15) is 23.4 Å². The van der Waals surface area contributed by atoms with Gasteiger partial charge in [0.2, 0.25) is 5.91 Å². The average molecular weight is 362 g/mol. The van der Waals surface area contributed by atoms with Gasteiger partial charge in [0, 0.05) is 24.0 Å². The van der Waals surface area contributed by atoms with Crippen molar-refractivity contribution in [2.24, 2.45) is 0 Å². The number of nitrogens with one attached hydrogen (secondary N) is 1. The van der Waals surface area contributed by atoms with Gasteiger partial charge in [0.05, 0.1) is 12.0 Å². The highest BCUT2D eigenvalue weighted by Crippen LogP contribution is 2.21. The quantitative estimate of drug-likeness (QED) is 0.831. The van der Waals surface area contributed by atoms with E-state index >= 15 is 0 Å². The van der Waals surface area contributed by atoms with Gasteiger partial charge in [-0.1, -0.05) is 12.1 Å². The number of halogens is 1. The first-order valence-corrected chi connectivity index (χ1v) is 9.11. The lowest BCUT2D eigenvalue weighted by molar-refractivity contribution is -0.119.